The van der Waals surface area contributed by atoms with Crippen molar-refractivity contribution in [1.82, 2.24) is 10.6 Å². The van der Waals surface area contributed by atoms with Crippen molar-refractivity contribution < 1.29 is 18.3 Å². The number of carbonyl (C=O) groups excluding carboxylic acids is 1. The molecule has 0 spiro atoms. The first kappa shape index (κ1) is 16.5. The highest BCUT2D eigenvalue weighted by atomic mass is 19.2. The minimum absolute atomic E-state index is 0.135. The van der Waals surface area contributed by atoms with Crippen molar-refractivity contribution in [3.8, 4) is 0 Å². The van der Waals surface area contributed by atoms with Crippen molar-refractivity contribution >= 4 is 5.91 Å². The minimum atomic E-state index is -0.888. The van der Waals surface area contributed by atoms with Crippen LogP contribution in [0.2, 0.25) is 0 Å². The lowest BCUT2D eigenvalue weighted by atomic mass is 10.2. The molecule has 0 bridgehead atoms. The number of hydrogen-bond acceptors (Lipinski definition) is 3. The zero-order valence-electron chi connectivity index (χ0n) is 11.7. The van der Waals surface area contributed by atoms with Crippen LogP contribution >= 0.6 is 0 Å². The first-order valence-corrected chi connectivity index (χ1v) is 6.48. The molecule has 0 aliphatic carbocycles. The number of hydrogen-bond donors (Lipinski definition) is 2. The van der Waals surface area contributed by atoms with Gasteiger partial charge in [-0.2, -0.15) is 0 Å². The Balaban J connectivity index is 2.32. The summed E-state index contributed by atoms with van der Waals surface area (Å²) >= 11 is 0. The molecular formula is C14H20F2N2O2. The maximum absolute atomic E-state index is 13.0. The quantitative estimate of drug-likeness (QED) is 0.714. The molecule has 1 unspecified atom stereocenters. The van der Waals surface area contributed by atoms with Crippen LogP contribution in [0.5, 0.6) is 0 Å². The molecule has 1 atom stereocenters. The SMILES string of the molecule is COCCCNC(=O)C(C)NCc1ccc(F)c(F)c1. The Morgan fingerprint density at radius 1 is 1.35 bits per heavy atom. The monoisotopic (exact) mass is 286 g/mol. The molecular weight excluding hydrogens is 266 g/mol. The predicted octanol–water partition coefficient (Wildman–Crippen LogP) is 1.60. The first-order chi connectivity index (χ1) is 9.54. The van der Waals surface area contributed by atoms with Crippen LogP contribution in [-0.4, -0.2) is 32.2 Å². The fourth-order valence-corrected chi connectivity index (χ4v) is 1.59. The standard InChI is InChI=1S/C14H20F2N2O2/c1-10(14(19)17-6-3-7-20-2)18-9-11-4-5-12(15)13(16)8-11/h4-5,8,10,18H,3,6-7,9H2,1-2H3,(H,17,19). The maximum Gasteiger partial charge on any atom is 0.236 e. The summed E-state index contributed by atoms with van der Waals surface area (Å²) in [5.41, 5.74) is 0.586. The smallest absolute Gasteiger partial charge is 0.236 e. The van der Waals surface area contributed by atoms with Crippen molar-refractivity contribution in [3.63, 3.8) is 0 Å². The van der Waals surface area contributed by atoms with Crippen LogP contribution in [0, 0.1) is 11.6 Å². The topological polar surface area (TPSA) is 50.4 Å². The van der Waals surface area contributed by atoms with Gasteiger partial charge in [-0.05, 0) is 31.0 Å². The molecule has 0 fully saturated rings. The van der Waals surface area contributed by atoms with Crippen LogP contribution in [0.3, 0.4) is 0 Å². The lowest BCUT2D eigenvalue weighted by Crippen LogP contribution is -2.42. The van der Waals surface area contributed by atoms with Crippen LogP contribution in [0.25, 0.3) is 0 Å². The summed E-state index contributed by atoms with van der Waals surface area (Å²) in [7, 11) is 1.60. The van der Waals surface area contributed by atoms with E-state index in [-0.39, 0.29) is 5.91 Å². The van der Waals surface area contributed by atoms with Gasteiger partial charge in [0.25, 0.3) is 0 Å². The molecule has 0 heterocycles. The summed E-state index contributed by atoms with van der Waals surface area (Å²) in [6.07, 6.45) is 0.748. The van der Waals surface area contributed by atoms with E-state index in [1.54, 1.807) is 14.0 Å². The zero-order chi connectivity index (χ0) is 15.0. The highest BCUT2D eigenvalue weighted by Gasteiger charge is 2.11. The van der Waals surface area contributed by atoms with Crippen molar-refractivity contribution in [2.75, 3.05) is 20.3 Å². The summed E-state index contributed by atoms with van der Waals surface area (Å²) in [6, 6.07) is 3.26. The van der Waals surface area contributed by atoms with E-state index < -0.39 is 17.7 Å². The molecule has 0 saturated heterocycles. The Bertz CT molecular complexity index is 441. The third-order valence-electron chi connectivity index (χ3n) is 2.81. The van der Waals surface area contributed by atoms with Crippen LogP contribution in [0.15, 0.2) is 18.2 Å². The highest BCUT2D eigenvalue weighted by molar-refractivity contribution is 5.81. The molecule has 0 aliphatic rings. The van der Waals surface area contributed by atoms with Gasteiger partial charge in [-0.1, -0.05) is 6.07 Å². The number of ether oxygens (including phenoxy) is 1. The van der Waals surface area contributed by atoms with E-state index in [1.165, 1.54) is 6.07 Å². The minimum Gasteiger partial charge on any atom is -0.385 e. The van der Waals surface area contributed by atoms with Gasteiger partial charge in [0.1, 0.15) is 0 Å². The lowest BCUT2D eigenvalue weighted by Gasteiger charge is -2.14. The Morgan fingerprint density at radius 2 is 2.10 bits per heavy atom. The van der Waals surface area contributed by atoms with E-state index in [0.717, 1.165) is 18.6 Å². The number of nitrogens with one attached hydrogen (secondary N) is 2. The Morgan fingerprint density at radius 3 is 2.75 bits per heavy atom. The normalized spacial score (nSPS) is 12.2. The van der Waals surface area contributed by atoms with Gasteiger partial charge in [0.2, 0.25) is 5.91 Å². The van der Waals surface area contributed by atoms with E-state index in [4.69, 9.17) is 4.74 Å². The summed E-state index contributed by atoms with van der Waals surface area (Å²) in [5.74, 6) is -1.90. The second kappa shape index (κ2) is 8.60. The van der Waals surface area contributed by atoms with Gasteiger partial charge in [0.15, 0.2) is 11.6 Å². The van der Waals surface area contributed by atoms with Crippen molar-refractivity contribution in [1.29, 1.82) is 0 Å². The Labute approximate surface area is 117 Å². The zero-order valence-corrected chi connectivity index (χ0v) is 11.7. The van der Waals surface area contributed by atoms with E-state index >= 15 is 0 Å². The summed E-state index contributed by atoms with van der Waals surface area (Å²) in [4.78, 5) is 11.7. The second-order valence-corrected chi connectivity index (χ2v) is 4.49. The number of halogens is 2. The molecule has 112 valence electrons. The third-order valence-corrected chi connectivity index (χ3v) is 2.81. The fourth-order valence-electron chi connectivity index (χ4n) is 1.59. The molecule has 1 aromatic rings. The maximum atomic E-state index is 13.0. The van der Waals surface area contributed by atoms with Gasteiger partial charge in [-0.25, -0.2) is 8.78 Å². The summed E-state index contributed by atoms with van der Waals surface area (Å²) in [5, 5.41) is 5.71. The van der Waals surface area contributed by atoms with Crippen LogP contribution in [-0.2, 0) is 16.1 Å². The van der Waals surface area contributed by atoms with Gasteiger partial charge >= 0.3 is 0 Å². The van der Waals surface area contributed by atoms with E-state index in [9.17, 15) is 13.6 Å². The Kier molecular flexibility index (Phi) is 7.11. The predicted molar refractivity (Wildman–Crippen MR) is 72.2 cm³/mol. The van der Waals surface area contributed by atoms with Crippen molar-refractivity contribution in [2.45, 2.75) is 25.9 Å². The van der Waals surface area contributed by atoms with Gasteiger partial charge in [0.05, 0.1) is 6.04 Å². The van der Waals surface area contributed by atoms with Gasteiger partial charge < -0.3 is 15.4 Å². The second-order valence-electron chi connectivity index (χ2n) is 4.49. The first-order valence-electron chi connectivity index (χ1n) is 6.48. The van der Waals surface area contributed by atoms with Crippen LogP contribution in [0.4, 0.5) is 8.78 Å². The van der Waals surface area contributed by atoms with Gasteiger partial charge in [-0.3, -0.25) is 4.79 Å². The van der Waals surface area contributed by atoms with Crippen molar-refractivity contribution in [3.05, 3.63) is 35.4 Å². The number of methoxy groups -OCH3 is 1. The van der Waals surface area contributed by atoms with Crippen LogP contribution in [0.1, 0.15) is 18.9 Å². The number of carbonyl (C=O) groups is 1. The molecule has 1 rings (SSSR count). The molecule has 2 N–H and O–H groups in total. The van der Waals surface area contributed by atoms with Crippen molar-refractivity contribution in [2.24, 2.45) is 0 Å². The third kappa shape index (κ3) is 5.63. The van der Waals surface area contributed by atoms with Gasteiger partial charge in [-0.15, -0.1) is 0 Å². The van der Waals surface area contributed by atoms with E-state index in [1.807, 2.05) is 0 Å². The van der Waals surface area contributed by atoms with Gasteiger partial charge in [0, 0.05) is 26.8 Å². The fraction of sp³-hybridized carbons (Fsp3) is 0.500. The summed E-state index contributed by atoms with van der Waals surface area (Å²) < 4.78 is 30.6. The largest absolute Gasteiger partial charge is 0.385 e. The molecule has 0 saturated carbocycles. The molecule has 4 nitrogen and oxygen atoms in total. The molecule has 1 amide bonds. The van der Waals surface area contributed by atoms with Crippen LogP contribution < -0.4 is 10.6 Å². The molecule has 20 heavy (non-hydrogen) atoms. The highest BCUT2D eigenvalue weighted by Crippen LogP contribution is 2.08. The number of rotatable bonds is 8. The van der Waals surface area contributed by atoms with E-state index in [2.05, 4.69) is 10.6 Å². The molecule has 0 aliphatic heterocycles. The summed E-state index contributed by atoms with van der Waals surface area (Å²) in [6.45, 7) is 3.15. The average molecular weight is 286 g/mol. The lowest BCUT2D eigenvalue weighted by molar-refractivity contribution is -0.122. The molecule has 1 aromatic carbocycles. The van der Waals surface area contributed by atoms with E-state index in [0.29, 0.717) is 25.3 Å². The number of amides is 1. The molecule has 0 radical (unpaired) electrons. The number of benzene rings is 1. The Hall–Kier alpha value is -1.53. The average Bonchev–Trinajstić information content (AvgIpc) is 2.44. The molecule has 0 aromatic heterocycles. The molecule has 6 heteroatoms.